The number of benzene rings is 1. The molecule has 1 aromatic heterocycles. The number of aryl methyl sites for hydroxylation is 1. The van der Waals surface area contributed by atoms with E-state index in [0.717, 1.165) is 37.1 Å². The second-order valence-corrected chi connectivity index (χ2v) is 5.96. The lowest BCUT2D eigenvalue weighted by Crippen LogP contribution is -2.27. The van der Waals surface area contributed by atoms with Gasteiger partial charge in [-0.1, -0.05) is 12.1 Å². The Bertz CT molecular complexity index is 753. The van der Waals surface area contributed by atoms with Crippen molar-refractivity contribution in [1.29, 1.82) is 5.26 Å². The first-order valence-corrected chi connectivity index (χ1v) is 7.82. The van der Waals surface area contributed by atoms with E-state index in [4.69, 9.17) is 5.73 Å². The summed E-state index contributed by atoms with van der Waals surface area (Å²) in [6.07, 6.45) is 1.94. The fourth-order valence-electron chi connectivity index (χ4n) is 3.28. The van der Waals surface area contributed by atoms with Crippen LogP contribution in [0, 0.1) is 18.3 Å². The molecule has 3 rings (SSSR count). The highest BCUT2D eigenvalue weighted by molar-refractivity contribution is 5.74. The van der Waals surface area contributed by atoms with Gasteiger partial charge < -0.3 is 16.2 Å². The van der Waals surface area contributed by atoms with Crippen LogP contribution in [0.4, 0.5) is 5.82 Å². The van der Waals surface area contributed by atoms with E-state index in [0.29, 0.717) is 22.7 Å². The van der Waals surface area contributed by atoms with Gasteiger partial charge in [0.15, 0.2) is 0 Å². The zero-order chi connectivity index (χ0) is 16.4. The van der Waals surface area contributed by atoms with Crippen LogP contribution in [0.5, 0.6) is 5.75 Å². The molecule has 1 aliphatic rings. The number of piperidine rings is 1. The van der Waals surface area contributed by atoms with Gasteiger partial charge in [-0.3, -0.25) is 0 Å². The number of hydrogen-bond acceptors (Lipinski definition) is 5. The molecule has 0 atom stereocenters. The number of hydrogen-bond donors (Lipinski definition) is 3. The molecule has 1 aliphatic heterocycles. The predicted octanol–water partition coefficient (Wildman–Crippen LogP) is 2.68. The number of nitrogens with one attached hydrogen (secondary N) is 1. The number of pyridine rings is 1. The summed E-state index contributed by atoms with van der Waals surface area (Å²) in [6.45, 7) is 3.79. The summed E-state index contributed by atoms with van der Waals surface area (Å²) in [5.74, 6) is 0.708. The van der Waals surface area contributed by atoms with Crippen molar-refractivity contribution in [3.63, 3.8) is 0 Å². The maximum Gasteiger partial charge on any atom is 0.142 e. The van der Waals surface area contributed by atoms with Crippen molar-refractivity contribution in [2.45, 2.75) is 25.7 Å². The minimum absolute atomic E-state index is 0.179. The molecule has 23 heavy (non-hydrogen) atoms. The summed E-state index contributed by atoms with van der Waals surface area (Å²) < 4.78 is 0. The van der Waals surface area contributed by atoms with Crippen molar-refractivity contribution >= 4 is 5.82 Å². The number of aromatic hydroxyl groups is 1. The predicted molar refractivity (Wildman–Crippen MR) is 90.0 cm³/mol. The SMILES string of the molecule is Cc1cccc(O)c1-c1cc(C2CCNCC2)c(C#N)c(N)n1. The van der Waals surface area contributed by atoms with Crippen LogP contribution in [0.2, 0.25) is 0 Å². The van der Waals surface area contributed by atoms with Gasteiger partial charge >= 0.3 is 0 Å². The van der Waals surface area contributed by atoms with E-state index in [1.54, 1.807) is 12.1 Å². The number of rotatable bonds is 2. The lowest BCUT2D eigenvalue weighted by Gasteiger charge is -2.24. The molecule has 2 aromatic rings. The van der Waals surface area contributed by atoms with E-state index in [-0.39, 0.29) is 11.6 Å². The molecule has 0 unspecified atom stereocenters. The molecule has 5 nitrogen and oxygen atoms in total. The van der Waals surface area contributed by atoms with Gasteiger partial charge in [-0.15, -0.1) is 0 Å². The number of nitrogen functional groups attached to an aromatic ring is 1. The molecule has 1 fully saturated rings. The number of nitrogens with two attached hydrogens (primary N) is 1. The molecule has 1 aromatic carbocycles. The van der Waals surface area contributed by atoms with Gasteiger partial charge in [-0.25, -0.2) is 4.98 Å². The highest BCUT2D eigenvalue weighted by atomic mass is 16.3. The third-order valence-electron chi connectivity index (χ3n) is 4.48. The van der Waals surface area contributed by atoms with Crippen LogP contribution in [0.25, 0.3) is 11.3 Å². The summed E-state index contributed by atoms with van der Waals surface area (Å²) in [5, 5.41) is 23.0. The standard InChI is InChI=1S/C18H20N4O/c1-11-3-2-4-16(23)17(11)15-9-13(12-5-7-21-8-6-12)14(10-19)18(20)22-15/h2-4,9,12,21,23H,5-8H2,1H3,(H2,20,22). The lowest BCUT2D eigenvalue weighted by atomic mass is 9.86. The van der Waals surface area contributed by atoms with Crippen molar-refractivity contribution < 1.29 is 5.11 Å². The van der Waals surface area contributed by atoms with Crippen LogP contribution < -0.4 is 11.1 Å². The Morgan fingerprint density at radius 1 is 1.35 bits per heavy atom. The average molecular weight is 308 g/mol. The van der Waals surface area contributed by atoms with Crippen molar-refractivity contribution in [3.8, 4) is 23.1 Å². The van der Waals surface area contributed by atoms with Gasteiger partial charge in [0.1, 0.15) is 17.6 Å². The Morgan fingerprint density at radius 2 is 2.09 bits per heavy atom. The molecule has 0 aliphatic carbocycles. The van der Waals surface area contributed by atoms with Crippen LogP contribution in [-0.4, -0.2) is 23.2 Å². The van der Waals surface area contributed by atoms with Crippen LogP contribution >= 0.6 is 0 Å². The van der Waals surface area contributed by atoms with Gasteiger partial charge in [0.2, 0.25) is 0 Å². The van der Waals surface area contributed by atoms with Crippen molar-refractivity contribution in [1.82, 2.24) is 10.3 Å². The summed E-state index contributed by atoms with van der Waals surface area (Å²) in [4.78, 5) is 4.37. The number of nitrogens with zero attached hydrogens (tertiary/aromatic N) is 2. The molecule has 0 spiro atoms. The topological polar surface area (TPSA) is 95.0 Å². The number of anilines is 1. The quantitative estimate of drug-likeness (QED) is 0.793. The maximum atomic E-state index is 10.2. The van der Waals surface area contributed by atoms with Crippen molar-refractivity contribution in [2.75, 3.05) is 18.8 Å². The molecule has 5 heteroatoms. The summed E-state index contributed by atoms with van der Waals surface area (Å²) in [7, 11) is 0. The monoisotopic (exact) mass is 308 g/mol. The van der Waals surface area contributed by atoms with E-state index in [9.17, 15) is 10.4 Å². The Labute approximate surface area is 135 Å². The van der Waals surface area contributed by atoms with E-state index < -0.39 is 0 Å². The second-order valence-electron chi connectivity index (χ2n) is 5.96. The minimum Gasteiger partial charge on any atom is -0.507 e. The third kappa shape index (κ3) is 2.86. The van der Waals surface area contributed by atoms with Crippen LogP contribution in [0.15, 0.2) is 24.3 Å². The summed E-state index contributed by atoms with van der Waals surface area (Å²) in [6, 6.07) is 9.49. The van der Waals surface area contributed by atoms with Crippen LogP contribution in [0.3, 0.4) is 0 Å². The van der Waals surface area contributed by atoms with E-state index in [2.05, 4.69) is 16.4 Å². The number of phenolic OH excluding ortho intramolecular Hbond substituents is 1. The molecular formula is C18H20N4O. The Hall–Kier alpha value is -2.58. The summed E-state index contributed by atoms with van der Waals surface area (Å²) >= 11 is 0. The third-order valence-corrected chi connectivity index (χ3v) is 4.48. The Balaban J connectivity index is 2.17. The highest BCUT2D eigenvalue weighted by Gasteiger charge is 2.22. The van der Waals surface area contributed by atoms with Crippen LogP contribution in [-0.2, 0) is 0 Å². The molecule has 118 valence electrons. The first-order chi connectivity index (χ1) is 11.1. The Kier molecular flexibility index (Phi) is 4.18. The zero-order valence-corrected chi connectivity index (χ0v) is 13.1. The Morgan fingerprint density at radius 3 is 2.74 bits per heavy atom. The molecule has 0 bridgehead atoms. The first-order valence-electron chi connectivity index (χ1n) is 7.82. The van der Waals surface area contributed by atoms with E-state index in [1.807, 2.05) is 19.1 Å². The van der Waals surface area contributed by atoms with Gasteiger partial charge in [-0.05, 0) is 62.0 Å². The van der Waals surface area contributed by atoms with E-state index >= 15 is 0 Å². The number of phenols is 1. The van der Waals surface area contributed by atoms with Gasteiger partial charge in [0.05, 0.1) is 11.3 Å². The van der Waals surface area contributed by atoms with Crippen LogP contribution in [0.1, 0.15) is 35.4 Å². The van der Waals surface area contributed by atoms with Gasteiger partial charge in [0.25, 0.3) is 0 Å². The van der Waals surface area contributed by atoms with E-state index in [1.165, 1.54) is 0 Å². The molecule has 1 saturated heterocycles. The molecular weight excluding hydrogens is 288 g/mol. The number of nitriles is 1. The second kappa shape index (κ2) is 6.27. The lowest BCUT2D eigenvalue weighted by molar-refractivity contribution is 0.459. The first kappa shape index (κ1) is 15.3. The molecule has 0 amide bonds. The van der Waals surface area contributed by atoms with Gasteiger partial charge in [0, 0.05) is 5.56 Å². The normalized spacial score (nSPS) is 15.3. The zero-order valence-electron chi connectivity index (χ0n) is 13.1. The maximum absolute atomic E-state index is 10.2. The molecule has 0 radical (unpaired) electrons. The average Bonchev–Trinajstić information content (AvgIpc) is 2.55. The molecule has 0 saturated carbocycles. The molecule has 4 N–H and O–H groups in total. The van der Waals surface area contributed by atoms with Crippen molar-refractivity contribution in [2.24, 2.45) is 0 Å². The van der Waals surface area contributed by atoms with Gasteiger partial charge in [-0.2, -0.15) is 5.26 Å². The minimum atomic E-state index is 0.179. The molecule has 2 heterocycles. The fraction of sp³-hybridized carbons (Fsp3) is 0.333. The number of aromatic nitrogens is 1. The summed E-state index contributed by atoms with van der Waals surface area (Å²) in [5.41, 5.74) is 9.69. The highest BCUT2D eigenvalue weighted by Crippen LogP contribution is 2.37. The largest absolute Gasteiger partial charge is 0.507 e. The smallest absolute Gasteiger partial charge is 0.142 e. The fourth-order valence-corrected chi connectivity index (χ4v) is 3.28. The van der Waals surface area contributed by atoms with Crippen molar-refractivity contribution in [3.05, 3.63) is 41.0 Å².